The fraction of sp³-hybridized carbons (Fsp3) is 1.00. The third-order valence-electron chi connectivity index (χ3n) is 4.47. The van der Waals surface area contributed by atoms with E-state index in [1.807, 2.05) is 0 Å². The molecule has 0 spiro atoms. The number of hydrogen-bond acceptors (Lipinski definition) is 4. The molecule has 0 bridgehead atoms. The van der Waals surface area contributed by atoms with Crippen LogP contribution in [0.3, 0.4) is 0 Å². The van der Waals surface area contributed by atoms with Gasteiger partial charge in [0.15, 0.2) is 0 Å². The largest absolute Gasteiger partial charge is 0.352 e. The molecule has 28 heavy (non-hydrogen) atoms. The van der Waals surface area contributed by atoms with Crippen LogP contribution in [-0.2, 0) is 18.9 Å². The minimum atomic E-state index is -0.661. The lowest BCUT2D eigenvalue weighted by Crippen LogP contribution is -2.50. The van der Waals surface area contributed by atoms with E-state index in [0.717, 1.165) is 0 Å². The van der Waals surface area contributed by atoms with Crippen LogP contribution in [0.2, 0.25) is 5.16 Å². The maximum absolute atomic E-state index is 6.34. The van der Waals surface area contributed by atoms with Gasteiger partial charge in [0.05, 0.1) is 43.5 Å². The average molecular weight is 435 g/mol. The molecule has 170 valence electrons. The molecule has 4 nitrogen and oxygen atoms in total. The normalized spacial score (nSPS) is 15.5. The maximum atomic E-state index is 6.34. The Morgan fingerprint density at radius 2 is 0.929 bits per heavy atom. The molecule has 0 aliphatic rings. The van der Waals surface area contributed by atoms with Crippen LogP contribution in [0, 0.1) is 0 Å². The molecule has 0 atom stereocenters. The summed E-state index contributed by atoms with van der Waals surface area (Å²) >= 11 is 0. The van der Waals surface area contributed by atoms with E-state index >= 15 is 0 Å². The summed E-state index contributed by atoms with van der Waals surface area (Å²) in [6.07, 6.45) is 5.74. The van der Waals surface area contributed by atoms with E-state index in [1.54, 1.807) is 0 Å². The predicted molar refractivity (Wildman–Crippen MR) is 127 cm³/mol. The van der Waals surface area contributed by atoms with Gasteiger partial charge < -0.3 is 18.9 Å². The van der Waals surface area contributed by atoms with Crippen LogP contribution in [0.25, 0.3) is 0 Å². The molecule has 0 rings (SSSR count). The third-order valence-corrected chi connectivity index (χ3v) is 10.3. The molecule has 0 amide bonds. The monoisotopic (exact) mass is 434 g/mol. The van der Waals surface area contributed by atoms with Crippen molar-refractivity contribution < 1.29 is 18.9 Å². The Kier molecular flexibility index (Phi) is 13.7. The lowest BCUT2D eigenvalue weighted by Gasteiger charge is -2.40. The average Bonchev–Trinajstić information content (AvgIpc) is 2.42. The molecule has 0 aliphatic carbocycles. The van der Waals surface area contributed by atoms with Gasteiger partial charge in [-0.2, -0.15) is 0 Å². The molecule has 0 radical (unpaired) electrons. The molecule has 0 unspecified atom stereocenters. The lowest BCUT2D eigenvalue weighted by atomic mass is 10.2. The number of rotatable bonds is 16. The highest BCUT2D eigenvalue weighted by Gasteiger charge is 2.38. The van der Waals surface area contributed by atoms with Crippen molar-refractivity contribution in [2.75, 3.05) is 0 Å². The molecule has 0 aromatic heterocycles. The van der Waals surface area contributed by atoms with Crippen LogP contribution in [0.5, 0.6) is 0 Å². The molecule has 0 heterocycles. The molecule has 0 fully saturated rings. The summed E-state index contributed by atoms with van der Waals surface area (Å²) in [4.78, 5) is 0. The molecule has 0 aromatic rings. The molecular weight excluding hydrogens is 384 g/mol. The van der Waals surface area contributed by atoms with Crippen LogP contribution in [0.4, 0.5) is 0 Å². The van der Waals surface area contributed by atoms with Gasteiger partial charge in [0.25, 0.3) is 0 Å². The SMILES string of the molecule is CCCCCC([SiH2]C(C)(OC(C)C)OC(C)C)[SiH2]C(C)(OC(C)C)OC(C)C. The second-order valence-electron chi connectivity index (χ2n) is 9.70. The highest BCUT2D eigenvalue weighted by Crippen LogP contribution is 2.29. The van der Waals surface area contributed by atoms with Gasteiger partial charge in [0.1, 0.15) is 10.8 Å². The highest BCUT2D eigenvalue weighted by molar-refractivity contribution is 6.61. The topological polar surface area (TPSA) is 36.9 Å². The number of hydrogen-bond donors (Lipinski definition) is 0. The summed E-state index contributed by atoms with van der Waals surface area (Å²) in [6, 6.07) is 0. The lowest BCUT2D eigenvalue weighted by molar-refractivity contribution is -0.208. The van der Waals surface area contributed by atoms with E-state index < -0.39 is 29.9 Å². The van der Waals surface area contributed by atoms with Crippen LogP contribution in [-0.4, -0.2) is 54.3 Å². The molecule has 0 saturated carbocycles. The minimum Gasteiger partial charge on any atom is -0.352 e. The molecule has 0 aliphatic heterocycles. The molecule has 0 aromatic carbocycles. The van der Waals surface area contributed by atoms with E-state index in [-0.39, 0.29) is 24.4 Å². The zero-order chi connectivity index (χ0) is 22.0. The Hall–Kier alpha value is 0.274. The van der Waals surface area contributed by atoms with Crippen LogP contribution < -0.4 is 0 Å². The van der Waals surface area contributed by atoms with E-state index in [1.165, 1.54) is 25.7 Å². The second kappa shape index (κ2) is 13.6. The van der Waals surface area contributed by atoms with Crippen molar-refractivity contribution in [1.29, 1.82) is 0 Å². The van der Waals surface area contributed by atoms with Crippen molar-refractivity contribution in [3.63, 3.8) is 0 Å². The first-order valence-electron chi connectivity index (χ1n) is 11.5. The van der Waals surface area contributed by atoms with Crippen LogP contribution in [0.15, 0.2) is 0 Å². The molecule has 0 N–H and O–H groups in total. The minimum absolute atomic E-state index is 0.166. The number of unbranched alkanes of at least 4 members (excludes halogenated alkanes) is 2. The van der Waals surface area contributed by atoms with Crippen LogP contribution in [0.1, 0.15) is 102 Å². The van der Waals surface area contributed by atoms with Crippen molar-refractivity contribution in [2.45, 2.75) is 142 Å². The molecular formula is C22H50O4Si2. The van der Waals surface area contributed by atoms with Crippen molar-refractivity contribution >= 4 is 19.0 Å². The van der Waals surface area contributed by atoms with Gasteiger partial charge in [0, 0.05) is 0 Å². The van der Waals surface area contributed by atoms with Gasteiger partial charge in [0.2, 0.25) is 0 Å². The Morgan fingerprint density at radius 3 is 1.18 bits per heavy atom. The van der Waals surface area contributed by atoms with Crippen molar-refractivity contribution in [3.05, 3.63) is 0 Å². The second-order valence-corrected chi connectivity index (χ2v) is 16.6. The third kappa shape index (κ3) is 13.5. The summed E-state index contributed by atoms with van der Waals surface area (Å²) in [6.45, 7) is 23.5. The quantitative estimate of drug-likeness (QED) is 0.200. The van der Waals surface area contributed by atoms with E-state index in [2.05, 4.69) is 76.2 Å². The zero-order valence-electron chi connectivity index (χ0n) is 20.8. The number of ether oxygens (including phenoxy) is 4. The van der Waals surface area contributed by atoms with Gasteiger partial charge in [-0.25, -0.2) is 0 Å². The Bertz CT molecular complexity index is 348. The van der Waals surface area contributed by atoms with Crippen LogP contribution >= 0.6 is 0 Å². The predicted octanol–water partition coefficient (Wildman–Crippen LogP) is 4.70. The maximum Gasteiger partial charge on any atom is 0.142 e. The first kappa shape index (κ1) is 28.3. The Morgan fingerprint density at radius 1 is 0.607 bits per heavy atom. The first-order chi connectivity index (χ1) is 12.8. The van der Waals surface area contributed by atoms with Gasteiger partial charge in [-0.05, 0) is 69.2 Å². The van der Waals surface area contributed by atoms with E-state index in [4.69, 9.17) is 18.9 Å². The summed E-state index contributed by atoms with van der Waals surface area (Å²) in [5, 5.41) is 0.677. The summed E-state index contributed by atoms with van der Waals surface area (Å²) < 4.78 is 25.4. The highest BCUT2D eigenvalue weighted by atomic mass is 28.3. The van der Waals surface area contributed by atoms with Gasteiger partial charge in [-0.15, -0.1) is 0 Å². The smallest absolute Gasteiger partial charge is 0.142 e. The fourth-order valence-corrected chi connectivity index (χ4v) is 12.8. The molecule has 6 heteroatoms. The van der Waals surface area contributed by atoms with E-state index in [9.17, 15) is 0 Å². The van der Waals surface area contributed by atoms with Gasteiger partial charge in [-0.1, -0.05) is 37.8 Å². The zero-order valence-corrected chi connectivity index (χ0v) is 23.6. The molecule has 0 saturated heterocycles. The van der Waals surface area contributed by atoms with Crippen molar-refractivity contribution in [1.82, 2.24) is 0 Å². The summed E-state index contributed by atoms with van der Waals surface area (Å²) in [7, 11) is -1.32. The van der Waals surface area contributed by atoms with E-state index in [0.29, 0.717) is 5.16 Å². The van der Waals surface area contributed by atoms with Gasteiger partial charge >= 0.3 is 0 Å². The van der Waals surface area contributed by atoms with Crippen molar-refractivity contribution in [3.8, 4) is 0 Å². The summed E-state index contributed by atoms with van der Waals surface area (Å²) in [5.41, 5.74) is -0.856. The van der Waals surface area contributed by atoms with Crippen molar-refractivity contribution in [2.24, 2.45) is 0 Å². The van der Waals surface area contributed by atoms with Gasteiger partial charge in [-0.3, -0.25) is 0 Å². The fourth-order valence-electron chi connectivity index (χ4n) is 4.25. The Balaban J connectivity index is 5.49. The first-order valence-corrected chi connectivity index (χ1v) is 14.6. The standard InChI is InChI=1S/C22H50O4Si2/c1-12-13-14-15-20(27-21(10,23-16(2)3)24-17(4)5)28-22(11,25-18(6)7)26-19(8)9/h16-20H,12-15,27-28H2,1-11H3. The summed E-state index contributed by atoms with van der Waals surface area (Å²) in [5.74, 6) is 0. The Labute approximate surface area is 180 Å².